The normalized spacial score (nSPS) is 14.4. The third kappa shape index (κ3) is 7.36. The van der Waals surface area contributed by atoms with Crippen molar-refractivity contribution in [3.63, 3.8) is 0 Å². The van der Waals surface area contributed by atoms with Crippen molar-refractivity contribution >= 4 is 22.0 Å². The number of benzene rings is 1. The smallest absolute Gasteiger partial charge is 0.407 e. The largest absolute Gasteiger partial charge is 0.444 e. The Bertz CT molecular complexity index is 512. The molecule has 1 rings (SSSR count). The van der Waals surface area contributed by atoms with Gasteiger partial charge in [0.15, 0.2) is 0 Å². The highest BCUT2D eigenvalue weighted by Crippen LogP contribution is 2.22. The fourth-order valence-corrected chi connectivity index (χ4v) is 2.78. The van der Waals surface area contributed by atoms with E-state index in [9.17, 15) is 4.79 Å². The Labute approximate surface area is 148 Å². The SMILES string of the molecule is CC(NCC(NC(=O)OC(C)(C)C)C(C)C)c1ccccc1Br. The molecule has 5 heteroatoms. The number of carbonyl (C=O) groups excluding carboxylic acids is 1. The monoisotopic (exact) mass is 384 g/mol. The van der Waals surface area contributed by atoms with E-state index in [0.717, 1.165) is 4.47 Å². The summed E-state index contributed by atoms with van der Waals surface area (Å²) in [4.78, 5) is 12.0. The number of ether oxygens (including phenoxy) is 1. The molecular weight excluding hydrogens is 356 g/mol. The van der Waals surface area contributed by atoms with Crippen molar-refractivity contribution in [1.82, 2.24) is 10.6 Å². The molecule has 0 aromatic heterocycles. The zero-order valence-electron chi connectivity index (χ0n) is 14.9. The number of amides is 1. The van der Waals surface area contributed by atoms with Gasteiger partial charge in [0.2, 0.25) is 0 Å². The van der Waals surface area contributed by atoms with Crippen LogP contribution in [0.2, 0.25) is 0 Å². The minimum absolute atomic E-state index is 0.00906. The zero-order chi connectivity index (χ0) is 17.6. The van der Waals surface area contributed by atoms with Crippen molar-refractivity contribution < 1.29 is 9.53 Å². The summed E-state index contributed by atoms with van der Waals surface area (Å²) < 4.78 is 6.43. The second-order valence-corrected chi connectivity index (χ2v) is 8.00. The molecule has 0 aliphatic heterocycles. The maximum atomic E-state index is 12.0. The van der Waals surface area contributed by atoms with Crippen molar-refractivity contribution in [2.45, 2.75) is 59.2 Å². The first-order valence-corrected chi connectivity index (χ1v) is 8.86. The lowest BCUT2D eigenvalue weighted by molar-refractivity contribution is 0.0489. The van der Waals surface area contributed by atoms with Gasteiger partial charge in [-0.25, -0.2) is 4.79 Å². The van der Waals surface area contributed by atoms with Crippen LogP contribution in [0.5, 0.6) is 0 Å². The summed E-state index contributed by atoms with van der Waals surface area (Å²) in [5.41, 5.74) is 0.716. The van der Waals surface area contributed by atoms with Gasteiger partial charge >= 0.3 is 6.09 Å². The lowest BCUT2D eigenvalue weighted by Crippen LogP contribution is -2.47. The molecule has 0 aliphatic rings. The second-order valence-electron chi connectivity index (χ2n) is 7.15. The summed E-state index contributed by atoms with van der Waals surface area (Å²) in [7, 11) is 0. The lowest BCUT2D eigenvalue weighted by Gasteiger charge is -2.27. The van der Waals surface area contributed by atoms with Crippen LogP contribution in [-0.2, 0) is 4.74 Å². The number of nitrogens with one attached hydrogen (secondary N) is 2. The van der Waals surface area contributed by atoms with E-state index in [2.05, 4.69) is 53.4 Å². The summed E-state index contributed by atoms with van der Waals surface area (Å²) >= 11 is 3.58. The summed E-state index contributed by atoms with van der Waals surface area (Å²) in [5, 5.41) is 6.45. The quantitative estimate of drug-likeness (QED) is 0.750. The maximum absolute atomic E-state index is 12.0. The first-order valence-electron chi connectivity index (χ1n) is 8.07. The van der Waals surface area contributed by atoms with Gasteiger partial charge in [-0.3, -0.25) is 0 Å². The molecule has 130 valence electrons. The van der Waals surface area contributed by atoms with E-state index < -0.39 is 5.60 Å². The van der Waals surface area contributed by atoms with E-state index in [1.54, 1.807) is 0 Å². The third-order valence-electron chi connectivity index (χ3n) is 3.52. The summed E-state index contributed by atoms with van der Waals surface area (Å²) in [6.45, 7) is 12.6. The molecule has 1 amide bonds. The van der Waals surface area contributed by atoms with Gasteiger partial charge in [0.05, 0.1) is 0 Å². The van der Waals surface area contributed by atoms with E-state index in [0.29, 0.717) is 12.5 Å². The molecule has 1 aromatic carbocycles. The molecule has 4 nitrogen and oxygen atoms in total. The summed E-state index contributed by atoms with van der Waals surface area (Å²) in [6, 6.07) is 8.35. The maximum Gasteiger partial charge on any atom is 0.407 e. The molecule has 0 bridgehead atoms. The van der Waals surface area contributed by atoms with Crippen LogP contribution in [0.25, 0.3) is 0 Å². The molecule has 2 N–H and O–H groups in total. The van der Waals surface area contributed by atoms with Crippen LogP contribution in [-0.4, -0.2) is 24.3 Å². The highest BCUT2D eigenvalue weighted by atomic mass is 79.9. The summed E-state index contributed by atoms with van der Waals surface area (Å²) in [5.74, 6) is 0.307. The van der Waals surface area contributed by atoms with Gasteiger partial charge in [-0.05, 0) is 45.2 Å². The molecule has 2 unspecified atom stereocenters. The Balaban J connectivity index is 2.60. The predicted molar refractivity (Wildman–Crippen MR) is 98.6 cm³/mol. The highest BCUT2D eigenvalue weighted by Gasteiger charge is 2.22. The van der Waals surface area contributed by atoms with E-state index in [1.807, 2.05) is 39.0 Å². The first-order chi connectivity index (χ1) is 10.6. The topological polar surface area (TPSA) is 50.4 Å². The van der Waals surface area contributed by atoms with Crippen molar-refractivity contribution in [3.8, 4) is 0 Å². The number of carbonyl (C=O) groups is 1. The molecule has 0 spiro atoms. The molecule has 0 heterocycles. The van der Waals surface area contributed by atoms with Crippen molar-refractivity contribution in [2.24, 2.45) is 5.92 Å². The zero-order valence-corrected chi connectivity index (χ0v) is 16.5. The predicted octanol–water partition coefficient (Wildman–Crippen LogP) is 4.65. The van der Waals surface area contributed by atoms with Gasteiger partial charge in [0.1, 0.15) is 5.60 Å². The fourth-order valence-electron chi connectivity index (χ4n) is 2.15. The molecular formula is C18H29BrN2O2. The number of alkyl carbamates (subject to hydrolysis) is 1. The molecule has 2 atom stereocenters. The van der Waals surface area contributed by atoms with E-state index >= 15 is 0 Å². The lowest BCUT2D eigenvalue weighted by atomic mass is 10.0. The number of hydrogen-bond donors (Lipinski definition) is 2. The molecule has 1 aromatic rings. The number of hydrogen-bond acceptors (Lipinski definition) is 3. The molecule has 0 radical (unpaired) electrons. The standard InChI is InChI=1S/C18H29BrN2O2/c1-12(2)16(21-17(22)23-18(4,5)6)11-20-13(3)14-9-7-8-10-15(14)19/h7-10,12-13,16,20H,11H2,1-6H3,(H,21,22). The Hall–Kier alpha value is -1.07. The second kappa shape index (κ2) is 8.69. The van der Waals surface area contributed by atoms with Crippen LogP contribution in [0.3, 0.4) is 0 Å². The molecule has 0 saturated heterocycles. The van der Waals surface area contributed by atoms with Crippen LogP contribution in [0.1, 0.15) is 53.1 Å². The van der Waals surface area contributed by atoms with Crippen LogP contribution >= 0.6 is 15.9 Å². The average molecular weight is 385 g/mol. The van der Waals surface area contributed by atoms with Gasteiger partial charge < -0.3 is 15.4 Å². The number of halogens is 1. The minimum atomic E-state index is -0.485. The van der Waals surface area contributed by atoms with Gasteiger partial charge in [0.25, 0.3) is 0 Å². The molecule has 0 saturated carbocycles. The molecule has 23 heavy (non-hydrogen) atoms. The van der Waals surface area contributed by atoms with Gasteiger partial charge in [0, 0.05) is 23.1 Å². The Morgan fingerprint density at radius 3 is 2.35 bits per heavy atom. The van der Waals surface area contributed by atoms with Crippen molar-refractivity contribution in [2.75, 3.05) is 6.54 Å². The van der Waals surface area contributed by atoms with Crippen LogP contribution in [0.15, 0.2) is 28.7 Å². The van der Waals surface area contributed by atoms with Gasteiger partial charge in [-0.2, -0.15) is 0 Å². The minimum Gasteiger partial charge on any atom is -0.444 e. The van der Waals surface area contributed by atoms with E-state index in [4.69, 9.17) is 4.74 Å². The van der Waals surface area contributed by atoms with Gasteiger partial charge in [-0.1, -0.05) is 48.0 Å². The summed E-state index contributed by atoms with van der Waals surface area (Å²) in [6.07, 6.45) is -0.369. The van der Waals surface area contributed by atoms with Crippen molar-refractivity contribution in [3.05, 3.63) is 34.3 Å². The third-order valence-corrected chi connectivity index (χ3v) is 4.24. The van der Waals surface area contributed by atoms with Gasteiger partial charge in [-0.15, -0.1) is 0 Å². The Morgan fingerprint density at radius 2 is 1.83 bits per heavy atom. The molecule has 0 aliphatic carbocycles. The Kier molecular flexibility index (Phi) is 7.55. The van der Waals surface area contributed by atoms with Crippen LogP contribution in [0.4, 0.5) is 4.79 Å². The fraction of sp³-hybridized carbons (Fsp3) is 0.611. The first kappa shape index (κ1) is 20.0. The van der Waals surface area contributed by atoms with Crippen LogP contribution < -0.4 is 10.6 Å². The Morgan fingerprint density at radius 1 is 1.22 bits per heavy atom. The highest BCUT2D eigenvalue weighted by molar-refractivity contribution is 9.10. The van der Waals surface area contributed by atoms with E-state index in [1.165, 1.54) is 5.56 Å². The van der Waals surface area contributed by atoms with E-state index in [-0.39, 0.29) is 18.2 Å². The number of rotatable bonds is 6. The van der Waals surface area contributed by atoms with Crippen molar-refractivity contribution in [1.29, 1.82) is 0 Å². The van der Waals surface area contributed by atoms with Crippen LogP contribution in [0, 0.1) is 5.92 Å². The average Bonchev–Trinajstić information content (AvgIpc) is 2.41. The molecule has 0 fully saturated rings.